The lowest BCUT2D eigenvalue weighted by molar-refractivity contribution is -0.142. The maximum atomic E-state index is 13.5. The molecule has 0 aliphatic heterocycles. The van der Waals surface area contributed by atoms with Crippen LogP contribution >= 0.6 is 12.6 Å². The third kappa shape index (κ3) is 8.97. The van der Waals surface area contributed by atoms with Crippen LogP contribution in [0.1, 0.15) is 64.3 Å². The summed E-state index contributed by atoms with van der Waals surface area (Å²) < 4.78 is 5.25. The average Bonchev–Trinajstić information content (AvgIpc) is 2.65. The van der Waals surface area contributed by atoms with E-state index in [9.17, 15) is 19.6 Å². The van der Waals surface area contributed by atoms with Crippen molar-refractivity contribution < 1.29 is 19.1 Å². The number of carbonyl (C=O) groups is 3. The smallest absolute Gasteiger partial charge is 0.408 e. The summed E-state index contributed by atoms with van der Waals surface area (Å²) >= 11 is 4.22. The Morgan fingerprint density at radius 2 is 1.76 bits per heavy atom. The van der Waals surface area contributed by atoms with Gasteiger partial charge in [0.1, 0.15) is 24.2 Å². The van der Waals surface area contributed by atoms with Crippen molar-refractivity contribution in [3.63, 3.8) is 0 Å². The molecule has 0 saturated carbocycles. The number of nitrogens with one attached hydrogen (secondary N) is 2. The molecule has 2 atom stereocenters. The summed E-state index contributed by atoms with van der Waals surface area (Å²) in [4.78, 5) is 40.4. The molecule has 0 aliphatic carbocycles. The molecule has 0 fully saturated rings. The molecule has 2 N–H and O–H groups in total. The maximum absolute atomic E-state index is 13.5. The van der Waals surface area contributed by atoms with E-state index < -0.39 is 41.1 Å². The van der Waals surface area contributed by atoms with Crippen LogP contribution in [0.15, 0.2) is 18.2 Å². The molecule has 2 unspecified atom stereocenters. The monoisotopic (exact) mass is 476 g/mol. The number of hydrogen-bond acceptors (Lipinski definition) is 6. The fraction of sp³-hybridized carbons (Fsp3) is 0.583. The minimum atomic E-state index is -1.09. The number of thiol groups is 1. The highest BCUT2D eigenvalue weighted by Crippen LogP contribution is 2.27. The first-order chi connectivity index (χ1) is 15.1. The molecule has 1 rings (SSSR count). The molecular formula is C24H36N4O4S. The van der Waals surface area contributed by atoms with Crippen LogP contribution in [-0.4, -0.2) is 52.3 Å². The van der Waals surface area contributed by atoms with Gasteiger partial charge in [-0.05, 0) is 66.5 Å². The molecular weight excluding hydrogens is 440 g/mol. The molecule has 3 amide bonds. The summed E-state index contributed by atoms with van der Waals surface area (Å²) in [5, 5.41) is 14.9. The van der Waals surface area contributed by atoms with Gasteiger partial charge in [0.2, 0.25) is 11.8 Å². The first-order valence-corrected chi connectivity index (χ1v) is 11.4. The van der Waals surface area contributed by atoms with Crippen LogP contribution in [-0.2, 0) is 14.3 Å². The molecule has 1 aromatic carbocycles. The summed E-state index contributed by atoms with van der Waals surface area (Å²) in [6, 6.07) is 5.42. The summed E-state index contributed by atoms with van der Waals surface area (Å²) in [6.07, 6.45) is -0.783. The SMILES string of the molecule is Cc1ccc(C)c(C(C(=O)NC(C)(C)C)N(CC#N)C(=O)C(CS)NC(=O)OC(C)(C)C)c1. The van der Waals surface area contributed by atoms with Crippen LogP contribution in [0.2, 0.25) is 0 Å². The predicted octanol–water partition coefficient (Wildman–Crippen LogP) is 3.43. The fourth-order valence-electron chi connectivity index (χ4n) is 3.15. The summed E-state index contributed by atoms with van der Waals surface area (Å²) in [7, 11) is 0. The van der Waals surface area contributed by atoms with Crippen molar-refractivity contribution in [1.82, 2.24) is 15.5 Å². The van der Waals surface area contributed by atoms with Gasteiger partial charge in [-0.1, -0.05) is 23.8 Å². The second-order valence-electron chi connectivity index (χ2n) is 10.0. The molecule has 0 saturated heterocycles. The Balaban J connectivity index is 3.46. The van der Waals surface area contributed by atoms with Crippen molar-refractivity contribution in [3.05, 3.63) is 34.9 Å². The Hall–Kier alpha value is -2.73. The third-order valence-electron chi connectivity index (χ3n) is 4.48. The van der Waals surface area contributed by atoms with Crippen LogP contribution in [0.4, 0.5) is 4.79 Å². The van der Waals surface area contributed by atoms with Crippen molar-refractivity contribution in [2.24, 2.45) is 0 Å². The van der Waals surface area contributed by atoms with Crippen LogP contribution in [0.5, 0.6) is 0 Å². The normalized spacial score (nSPS) is 13.3. The zero-order valence-corrected chi connectivity index (χ0v) is 21.7. The number of aryl methyl sites for hydroxylation is 2. The number of amides is 3. The lowest BCUT2D eigenvalue weighted by Crippen LogP contribution is -2.55. The summed E-state index contributed by atoms with van der Waals surface area (Å²) in [6.45, 7) is 14.0. The van der Waals surface area contributed by atoms with Gasteiger partial charge in [-0.2, -0.15) is 17.9 Å². The van der Waals surface area contributed by atoms with Gasteiger partial charge in [0.15, 0.2) is 0 Å². The van der Waals surface area contributed by atoms with Gasteiger partial charge in [-0.15, -0.1) is 0 Å². The zero-order chi connectivity index (χ0) is 25.6. The summed E-state index contributed by atoms with van der Waals surface area (Å²) in [5.41, 5.74) is 0.996. The minimum Gasteiger partial charge on any atom is -0.444 e. The molecule has 182 valence electrons. The van der Waals surface area contributed by atoms with E-state index in [4.69, 9.17) is 4.74 Å². The number of alkyl carbamates (subject to hydrolysis) is 1. The first kappa shape index (κ1) is 28.3. The van der Waals surface area contributed by atoms with Gasteiger partial charge in [0.05, 0.1) is 6.07 Å². The number of ether oxygens (including phenoxy) is 1. The van der Waals surface area contributed by atoms with Crippen LogP contribution < -0.4 is 10.6 Å². The zero-order valence-electron chi connectivity index (χ0n) is 20.8. The minimum absolute atomic E-state index is 0.0413. The van der Waals surface area contributed by atoms with Crippen LogP contribution in [0, 0.1) is 25.2 Å². The highest BCUT2D eigenvalue weighted by atomic mass is 32.1. The number of hydrogen-bond donors (Lipinski definition) is 3. The van der Waals surface area contributed by atoms with Crippen LogP contribution in [0.3, 0.4) is 0 Å². The highest BCUT2D eigenvalue weighted by molar-refractivity contribution is 7.80. The first-order valence-electron chi connectivity index (χ1n) is 10.8. The van der Waals surface area contributed by atoms with E-state index in [1.54, 1.807) is 20.8 Å². The van der Waals surface area contributed by atoms with E-state index in [0.29, 0.717) is 5.56 Å². The third-order valence-corrected chi connectivity index (χ3v) is 4.85. The predicted molar refractivity (Wildman–Crippen MR) is 131 cm³/mol. The highest BCUT2D eigenvalue weighted by Gasteiger charge is 2.37. The van der Waals surface area contributed by atoms with Crippen molar-refractivity contribution in [2.75, 3.05) is 12.3 Å². The summed E-state index contributed by atoms with van der Waals surface area (Å²) in [5.74, 6) is -1.07. The maximum Gasteiger partial charge on any atom is 0.408 e. The number of benzene rings is 1. The van der Waals surface area contributed by atoms with Gasteiger partial charge in [0.25, 0.3) is 0 Å². The van der Waals surface area contributed by atoms with E-state index in [2.05, 4.69) is 23.3 Å². The topological polar surface area (TPSA) is 112 Å². The molecule has 0 aromatic heterocycles. The van der Waals surface area contributed by atoms with Crippen molar-refractivity contribution >= 4 is 30.5 Å². The Kier molecular flexibility index (Phi) is 9.79. The van der Waals surface area contributed by atoms with E-state index in [-0.39, 0.29) is 12.3 Å². The Bertz CT molecular complexity index is 913. The van der Waals surface area contributed by atoms with Crippen molar-refractivity contribution in [2.45, 2.75) is 78.6 Å². The van der Waals surface area contributed by atoms with E-state index in [1.807, 2.05) is 58.9 Å². The lowest BCUT2D eigenvalue weighted by Gasteiger charge is -2.35. The standard InChI is InChI=1S/C24H36N4O4S/c1-15-9-10-16(2)17(13-15)19(20(29)27-23(3,4)5)28(12-11-25)21(30)18(14-33)26-22(31)32-24(6,7)8/h9-10,13,18-19,33H,12,14H2,1-8H3,(H,26,31)(H,27,29). The molecule has 0 radical (unpaired) electrons. The Labute approximate surface area is 202 Å². The molecule has 0 bridgehead atoms. The molecule has 1 aromatic rings. The van der Waals surface area contributed by atoms with Gasteiger partial charge in [-0.25, -0.2) is 4.79 Å². The van der Waals surface area contributed by atoms with Gasteiger partial charge < -0.3 is 20.3 Å². The van der Waals surface area contributed by atoms with E-state index in [0.717, 1.165) is 11.1 Å². The second-order valence-corrected chi connectivity index (χ2v) is 10.4. The average molecular weight is 477 g/mol. The van der Waals surface area contributed by atoms with E-state index >= 15 is 0 Å². The molecule has 0 spiro atoms. The van der Waals surface area contributed by atoms with Crippen LogP contribution in [0.25, 0.3) is 0 Å². The largest absolute Gasteiger partial charge is 0.444 e. The van der Waals surface area contributed by atoms with E-state index in [1.165, 1.54) is 4.90 Å². The number of nitriles is 1. The molecule has 0 heterocycles. The number of rotatable bonds is 7. The van der Waals surface area contributed by atoms with Crippen molar-refractivity contribution in [1.29, 1.82) is 5.26 Å². The van der Waals surface area contributed by atoms with Crippen molar-refractivity contribution in [3.8, 4) is 6.07 Å². The van der Waals surface area contributed by atoms with Gasteiger partial charge in [0, 0.05) is 11.3 Å². The molecule has 9 heteroatoms. The Morgan fingerprint density at radius 3 is 2.24 bits per heavy atom. The number of nitrogens with zero attached hydrogens (tertiary/aromatic N) is 2. The molecule has 8 nitrogen and oxygen atoms in total. The lowest BCUT2D eigenvalue weighted by atomic mass is 9.95. The van der Waals surface area contributed by atoms with Gasteiger partial charge in [-0.3, -0.25) is 9.59 Å². The fourth-order valence-corrected chi connectivity index (χ4v) is 3.40. The molecule has 0 aliphatic rings. The second kappa shape index (κ2) is 11.4. The quantitative estimate of drug-likeness (QED) is 0.412. The Morgan fingerprint density at radius 1 is 1.15 bits per heavy atom. The molecule has 33 heavy (non-hydrogen) atoms. The van der Waals surface area contributed by atoms with Gasteiger partial charge >= 0.3 is 6.09 Å². The number of carbonyl (C=O) groups excluding carboxylic acids is 3.